The van der Waals surface area contributed by atoms with Crippen LogP contribution < -0.4 is 10.1 Å². The van der Waals surface area contributed by atoms with E-state index >= 15 is 0 Å². The molecule has 1 saturated heterocycles. The molecule has 1 N–H and O–H groups in total. The summed E-state index contributed by atoms with van der Waals surface area (Å²) in [6, 6.07) is 13.8. The van der Waals surface area contributed by atoms with Gasteiger partial charge in [0.15, 0.2) is 0 Å². The van der Waals surface area contributed by atoms with Gasteiger partial charge in [0, 0.05) is 36.6 Å². The molecule has 28 heavy (non-hydrogen) atoms. The van der Waals surface area contributed by atoms with Crippen LogP contribution in [0.4, 0.5) is 5.82 Å². The first-order chi connectivity index (χ1) is 13.8. The van der Waals surface area contributed by atoms with E-state index in [-0.39, 0.29) is 0 Å². The molecule has 1 aliphatic heterocycles. The zero-order chi connectivity index (χ0) is 19.2. The second kappa shape index (κ2) is 9.19. The van der Waals surface area contributed by atoms with Gasteiger partial charge in [0.05, 0.1) is 18.7 Å². The monoisotopic (exact) mass is 398 g/mol. The third-order valence-electron chi connectivity index (χ3n) is 4.74. The van der Waals surface area contributed by atoms with Crippen molar-refractivity contribution >= 4 is 28.3 Å². The first-order valence-electron chi connectivity index (χ1n) is 9.44. The summed E-state index contributed by atoms with van der Waals surface area (Å²) < 4.78 is 11.3. The summed E-state index contributed by atoms with van der Waals surface area (Å²) in [6.07, 6.45) is 1.55. The van der Waals surface area contributed by atoms with Crippen molar-refractivity contribution in [1.82, 2.24) is 14.9 Å². The third-order valence-corrected chi connectivity index (χ3v) is 4.97. The second-order valence-electron chi connectivity index (χ2n) is 6.69. The van der Waals surface area contributed by atoms with Crippen LogP contribution in [0.25, 0.3) is 10.9 Å². The number of nitrogens with one attached hydrogen (secondary N) is 1. The molecule has 7 heteroatoms. The van der Waals surface area contributed by atoms with E-state index in [2.05, 4.69) is 32.3 Å². The number of aromatic nitrogens is 2. The highest BCUT2D eigenvalue weighted by Crippen LogP contribution is 2.23. The van der Waals surface area contributed by atoms with Crippen LogP contribution in [0, 0.1) is 0 Å². The maximum Gasteiger partial charge on any atom is 0.137 e. The number of benzene rings is 2. The van der Waals surface area contributed by atoms with Crippen LogP contribution in [-0.4, -0.2) is 54.3 Å². The topological polar surface area (TPSA) is 59.5 Å². The molecule has 0 atom stereocenters. The number of nitrogens with zero attached hydrogens (tertiary/aromatic N) is 3. The first-order valence-corrected chi connectivity index (χ1v) is 9.82. The molecule has 2 aromatic carbocycles. The van der Waals surface area contributed by atoms with Crippen molar-refractivity contribution in [2.24, 2.45) is 0 Å². The van der Waals surface area contributed by atoms with Crippen molar-refractivity contribution in [3.05, 3.63) is 59.4 Å². The van der Waals surface area contributed by atoms with Gasteiger partial charge in [0.25, 0.3) is 0 Å². The molecular weight excluding hydrogens is 376 g/mol. The minimum atomic E-state index is 0.648. The molecule has 1 aliphatic rings. The molecule has 0 unspecified atom stereocenters. The number of morpholine rings is 1. The Labute approximate surface area is 169 Å². The van der Waals surface area contributed by atoms with E-state index < -0.39 is 0 Å². The average molecular weight is 399 g/mol. The third kappa shape index (κ3) is 4.90. The highest BCUT2D eigenvalue weighted by Gasteiger charge is 2.10. The van der Waals surface area contributed by atoms with E-state index in [0.29, 0.717) is 18.2 Å². The smallest absolute Gasteiger partial charge is 0.137 e. The zero-order valence-corrected chi connectivity index (χ0v) is 16.4. The Morgan fingerprint density at radius 1 is 1.11 bits per heavy atom. The van der Waals surface area contributed by atoms with Gasteiger partial charge in [0.1, 0.15) is 24.5 Å². The fourth-order valence-electron chi connectivity index (χ4n) is 3.22. The summed E-state index contributed by atoms with van der Waals surface area (Å²) >= 11 is 6.05. The lowest BCUT2D eigenvalue weighted by Gasteiger charge is -2.26. The molecular formula is C21H23ClN4O2. The van der Waals surface area contributed by atoms with Crippen LogP contribution in [0.2, 0.25) is 5.02 Å². The second-order valence-corrected chi connectivity index (χ2v) is 7.12. The molecule has 3 aromatic rings. The molecule has 4 rings (SSSR count). The molecule has 0 amide bonds. The molecule has 146 valence electrons. The van der Waals surface area contributed by atoms with Gasteiger partial charge in [0.2, 0.25) is 0 Å². The van der Waals surface area contributed by atoms with Crippen LogP contribution in [0.3, 0.4) is 0 Å². The molecule has 1 fully saturated rings. The number of hydrogen-bond donors (Lipinski definition) is 1. The quantitative estimate of drug-likeness (QED) is 0.656. The summed E-state index contributed by atoms with van der Waals surface area (Å²) in [5.74, 6) is 1.67. The maximum atomic E-state index is 6.05. The molecule has 0 aliphatic carbocycles. The number of ether oxygens (including phenoxy) is 2. The van der Waals surface area contributed by atoms with E-state index in [4.69, 9.17) is 21.1 Å². The first kappa shape index (κ1) is 18.9. The van der Waals surface area contributed by atoms with Crippen molar-refractivity contribution in [1.29, 1.82) is 0 Å². The molecule has 0 spiro atoms. The van der Waals surface area contributed by atoms with Gasteiger partial charge >= 0.3 is 0 Å². The zero-order valence-electron chi connectivity index (χ0n) is 15.6. The largest absolute Gasteiger partial charge is 0.492 e. The van der Waals surface area contributed by atoms with Crippen molar-refractivity contribution in [3.63, 3.8) is 0 Å². The van der Waals surface area contributed by atoms with Gasteiger partial charge < -0.3 is 14.8 Å². The number of hydrogen-bond acceptors (Lipinski definition) is 6. The molecule has 6 nitrogen and oxygen atoms in total. The predicted octanol–water partition coefficient (Wildman–Crippen LogP) is 3.61. The van der Waals surface area contributed by atoms with Gasteiger partial charge in [-0.25, -0.2) is 9.97 Å². The van der Waals surface area contributed by atoms with Gasteiger partial charge in [-0.3, -0.25) is 4.90 Å². The number of rotatable bonds is 7. The van der Waals surface area contributed by atoms with Crippen LogP contribution in [0.15, 0.2) is 48.8 Å². The summed E-state index contributed by atoms with van der Waals surface area (Å²) in [5.41, 5.74) is 1.95. The maximum absolute atomic E-state index is 6.05. The minimum absolute atomic E-state index is 0.648. The van der Waals surface area contributed by atoms with E-state index in [0.717, 1.165) is 60.9 Å². The van der Waals surface area contributed by atoms with E-state index in [1.165, 1.54) is 0 Å². The number of halogens is 1. The highest BCUT2D eigenvalue weighted by atomic mass is 35.5. The van der Waals surface area contributed by atoms with Crippen LogP contribution in [-0.2, 0) is 11.3 Å². The van der Waals surface area contributed by atoms with Gasteiger partial charge in [-0.15, -0.1) is 0 Å². The molecule has 0 radical (unpaired) electrons. The lowest BCUT2D eigenvalue weighted by molar-refractivity contribution is 0.0322. The Morgan fingerprint density at radius 3 is 2.89 bits per heavy atom. The predicted molar refractivity (Wildman–Crippen MR) is 111 cm³/mol. The van der Waals surface area contributed by atoms with E-state index in [1.807, 2.05) is 30.3 Å². The van der Waals surface area contributed by atoms with Gasteiger partial charge in [-0.2, -0.15) is 0 Å². The summed E-state index contributed by atoms with van der Waals surface area (Å²) in [5, 5.41) is 5.00. The standard InChI is InChI=1S/C21H23ClN4O2/c22-17-4-5-19-20(13-17)24-15-25-21(19)23-14-16-2-1-3-18(12-16)28-11-8-26-6-9-27-10-7-26/h1-5,12-13,15H,6-11,14H2,(H,23,24,25). The molecule has 1 aromatic heterocycles. The van der Waals surface area contributed by atoms with Crippen molar-refractivity contribution in [2.45, 2.75) is 6.54 Å². The Bertz CT molecular complexity index is 931. The fourth-order valence-corrected chi connectivity index (χ4v) is 3.39. The summed E-state index contributed by atoms with van der Waals surface area (Å²) in [6.45, 7) is 5.82. The fraction of sp³-hybridized carbons (Fsp3) is 0.333. The van der Waals surface area contributed by atoms with Crippen LogP contribution in [0.1, 0.15) is 5.56 Å². The SMILES string of the molecule is Clc1ccc2c(NCc3cccc(OCCN4CCOCC4)c3)ncnc2c1. The average Bonchev–Trinajstić information content (AvgIpc) is 2.73. The van der Waals surface area contributed by atoms with E-state index in [1.54, 1.807) is 6.33 Å². The van der Waals surface area contributed by atoms with E-state index in [9.17, 15) is 0 Å². The van der Waals surface area contributed by atoms with Crippen molar-refractivity contribution < 1.29 is 9.47 Å². The summed E-state index contributed by atoms with van der Waals surface area (Å²) in [7, 11) is 0. The number of fused-ring (bicyclic) bond motifs is 1. The van der Waals surface area contributed by atoms with Gasteiger partial charge in [-0.1, -0.05) is 23.7 Å². The lowest BCUT2D eigenvalue weighted by atomic mass is 10.2. The lowest BCUT2D eigenvalue weighted by Crippen LogP contribution is -2.38. The van der Waals surface area contributed by atoms with Crippen molar-refractivity contribution in [2.75, 3.05) is 44.8 Å². The van der Waals surface area contributed by atoms with Gasteiger partial charge in [-0.05, 0) is 35.9 Å². The van der Waals surface area contributed by atoms with Crippen LogP contribution >= 0.6 is 11.6 Å². The Balaban J connectivity index is 1.35. The molecule has 0 saturated carbocycles. The minimum Gasteiger partial charge on any atom is -0.492 e. The summed E-state index contributed by atoms with van der Waals surface area (Å²) in [4.78, 5) is 11.0. The Hall–Kier alpha value is -2.41. The van der Waals surface area contributed by atoms with Crippen molar-refractivity contribution in [3.8, 4) is 5.75 Å². The Morgan fingerprint density at radius 2 is 2.00 bits per heavy atom. The molecule has 0 bridgehead atoms. The van der Waals surface area contributed by atoms with Crippen LogP contribution in [0.5, 0.6) is 5.75 Å². The highest BCUT2D eigenvalue weighted by molar-refractivity contribution is 6.31. The normalized spacial score (nSPS) is 14.9. The number of anilines is 1. The molecule has 2 heterocycles. The Kier molecular flexibility index (Phi) is 6.21.